The Morgan fingerprint density at radius 2 is 1.50 bits per heavy atom. The summed E-state index contributed by atoms with van der Waals surface area (Å²) < 4.78 is 22.4. The third-order valence-corrected chi connectivity index (χ3v) is 4.88. The SMILES string of the molecule is O=P(O)(O)C(O)P(=O)(O)OC(Cl)(Cl)Cl. The van der Waals surface area contributed by atoms with Crippen LogP contribution in [0.4, 0.5) is 0 Å². The Morgan fingerprint density at radius 3 is 1.71 bits per heavy atom. The summed E-state index contributed by atoms with van der Waals surface area (Å²) in [7, 11) is -10.4. The number of hydrogen-bond acceptors (Lipinski definition) is 4. The molecule has 2 unspecified atom stereocenters. The third kappa shape index (κ3) is 5.28. The minimum atomic E-state index is -5.22. The van der Waals surface area contributed by atoms with Crippen LogP contribution in [0.2, 0.25) is 0 Å². The Balaban J connectivity index is 4.82. The van der Waals surface area contributed by atoms with Crippen molar-refractivity contribution >= 4 is 50.0 Å². The lowest BCUT2D eigenvalue weighted by atomic mass is 11.6. The average Bonchev–Trinajstić information content (AvgIpc) is 1.78. The van der Waals surface area contributed by atoms with Crippen LogP contribution in [-0.2, 0) is 13.7 Å². The molecule has 4 N–H and O–H groups in total. The van der Waals surface area contributed by atoms with Crippen molar-refractivity contribution in [3.63, 3.8) is 0 Å². The van der Waals surface area contributed by atoms with Crippen LogP contribution in [-0.4, -0.2) is 29.4 Å². The van der Waals surface area contributed by atoms with Gasteiger partial charge in [0.2, 0.25) is 0 Å². The molecule has 0 saturated heterocycles. The van der Waals surface area contributed by atoms with Crippen molar-refractivity contribution < 1.29 is 33.4 Å². The van der Waals surface area contributed by atoms with Crippen LogP contribution >= 0.6 is 50.0 Å². The van der Waals surface area contributed by atoms with Crippen LogP contribution in [0.5, 0.6) is 0 Å². The Morgan fingerprint density at radius 1 is 1.14 bits per heavy atom. The molecule has 0 spiro atoms. The van der Waals surface area contributed by atoms with Gasteiger partial charge in [-0.1, -0.05) is 34.8 Å². The molecule has 14 heavy (non-hydrogen) atoms. The largest absolute Gasteiger partial charge is 0.372 e. The molecule has 0 aromatic carbocycles. The second-order valence-electron chi connectivity index (χ2n) is 2.04. The Labute approximate surface area is 93.2 Å². The Bertz CT molecular complexity index is 292. The molecular formula is C2H5Cl3O7P2. The fourth-order valence-electron chi connectivity index (χ4n) is 0.386. The van der Waals surface area contributed by atoms with Crippen molar-refractivity contribution in [2.75, 3.05) is 0 Å². The van der Waals surface area contributed by atoms with E-state index in [4.69, 9.17) is 54.6 Å². The smallest absolute Gasteiger partial charge is 0.370 e. The van der Waals surface area contributed by atoms with Gasteiger partial charge in [0.15, 0.2) is 0 Å². The maximum atomic E-state index is 10.9. The molecule has 0 aliphatic heterocycles. The molecular weight excluding hydrogens is 304 g/mol. The monoisotopic (exact) mass is 308 g/mol. The van der Waals surface area contributed by atoms with E-state index in [1.165, 1.54) is 0 Å². The highest BCUT2D eigenvalue weighted by Crippen LogP contribution is 2.64. The average molecular weight is 309 g/mol. The normalized spacial score (nSPS) is 20.2. The zero-order valence-corrected chi connectivity index (χ0v) is 10.2. The highest BCUT2D eigenvalue weighted by Gasteiger charge is 2.48. The molecule has 0 aliphatic carbocycles. The molecule has 0 amide bonds. The molecule has 7 nitrogen and oxygen atoms in total. The number of hydrogen-bond donors (Lipinski definition) is 4. The van der Waals surface area contributed by atoms with Gasteiger partial charge < -0.3 is 19.8 Å². The van der Waals surface area contributed by atoms with Crippen molar-refractivity contribution in [3.05, 3.63) is 0 Å². The number of alkyl halides is 3. The number of rotatable bonds is 3. The summed E-state index contributed by atoms with van der Waals surface area (Å²) in [5.74, 6) is 0. The van der Waals surface area contributed by atoms with Crippen molar-refractivity contribution in [2.45, 2.75) is 9.56 Å². The second kappa shape index (κ2) is 4.55. The van der Waals surface area contributed by atoms with Crippen LogP contribution in [0.25, 0.3) is 0 Å². The lowest BCUT2D eigenvalue weighted by Gasteiger charge is -2.21. The van der Waals surface area contributed by atoms with Crippen LogP contribution < -0.4 is 0 Å². The van der Waals surface area contributed by atoms with E-state index in [9.17, 15) is 9.13 Å². The van der Waals surface area contributed by atoms with Crippen LogP contribution in [0.15, 0.2) is 0 Å². The first kappa shape index (κ1) is 15.1. The van der Waals surface area contributed by atoms with Crippen LogP contribution in [0.3, 0.4) is 0 Å². The third-order valence-electron chi connectivity index (χ3n) is 0.827. The summed E-state index contributed by atoms with van der Waals surface area (Å²) in [6.07, 6.45) is 0. The summed E-state index contributed by atoms with van der Waals surface area (Å²) in [4.78, 5) is 25.5. The first-order valence-electron chi connectivity index (χ1n) is 2.69. The van der Waals surface area contributed by atoms with E-state index >= 15 is 0 Å². The molecule has 0 radical (unpaired) electrons. The van der Waals surface area contributed by atoms with Gasteiger partial charge in [0.25, 0.3) is 5.59 Å². The van der Waals surface area contributed by atoms with E-state index in [0.29, 0.717) is 0 Å². The fourth-order valence-corrected chi connectivity index (χ4v) is 3.33. The topological polar surface area (TPSA) is 124 Å². The van der Waals surface area contributed by atoms with E-state index in [2.05, 4.69) is 4.52 Å². The van der Waals surface area contributed by atoms with Crippen molar-refractivity contribution in [3.8, 4) is 0 Å². The van der Waals surface area contributed by atoms with Gasteiger partial charge in [0.05, 0.1) is 0 Å². The predicted octanol–water partition coefficient (Wildman–Crippen LogP) is 0.970. The molecule has 86 valence electrons. The van der Waals surface area contributed by atoms with Gasteiger partial charge in [-0.25, -0.2) is 0 Å². The predicted molar refractivity (Wildman–Crippen MR) is 49.3 cm³/mol. The summed E-state index contributed by atoms with van der Waals surface area (Å²) >= 11 is 14.8. The summed E-state index contributed by atoms with van der Waals surface area (Å²) in [5, 5.41) is 8.70. The van der Waals surface area contributed by atoms with E-state index in [-0.39, 0.29) is 0 Å². The van der Waals surface area contributed by atoms with Gasteiger partial charge in [0.1, 0.15) is 0 Å². The standard InChI is InChI=1S/C2H5Cl3O7P2/c3-2(4,5)12-14(10,11)1(6)13(7,8)9/h1,6H,(H,10,11)(H2,7,8,9). The zero-order valence-electron chi connectivity index (χ0n) is 6.12. The number of aliphatic hydroxyl groups is 1. The second-order valence-corrected chi connectivity index (χ2v) is 8.09. The van der Waals surface area contributed by atoms with Crippen LogP contribution in [0, 0.1) is 0 Å². The first-order valence-corrected chi connectivity index (χ1v) is 7.16. The minimum Gasteiger partial charge on any atom is -0.370 e. The lowest BCUT2D eigenvalue weighted by molar-refractivity contribution is 0.187. The zero-order chi connectivity index (χ0) is 11.8. The van der Waals surface area contributed by atoms with Crippen molar-refractivity contribution in [2.24, 2.45) is 0 Å². The molecule has 0 aliphatic rings. The van der Waals surface area contributed by atoms with E-state index < -0.39 is 24.8 Å². The first-order chi connectivity index (χ1) is 5.86. The molecule has 0 rings (SSSR count). The van der Waals surface area contributed by atoms with Gasteiger partial charge >= 0.3 is 19.2 Å². The van der Waals surface area contributed by atoms with Gasteiger partial charge in [-0.2, -0.15) is 0 Å². The highest BCUT2D eigenvalue weighted by molar-refractivity contribution is 7.71. The number of aliphatic hydroxyl groups excluding tert-OH is 1. The molecule has 0 heterocycles. The van der Waals surface area contributed by atoms with Gasteiger partial charge in [-0.05, 0) is 0 Å². The van der Waals surface area contributed by atoms with Gasteiger partial charge in [0, 0.05) is 0 Å². The maximum Gasteiger partial charge on any atom is 0.372 e. The molecule has 12 heteroatoms. The molecule has 0 bridgehead atoms. The molecule has 2 atom stereocenters. The molecule has 0 aromatic heterocycles. The van der Waals surface area contributed by atoms with Gasteiger partial charge in [-0.15, -0.1) is 0 Å². The summed E-state index contributed by atoms with van der Waals surface area (Å²) in [6, 6.07) is 0. The minimum absolute atomic E-state index is 2.67. The summed E-state index contributed by atoms with van der Waals surface area (Å²) in [5.41, 5.74) is -2.95. The van der Waals surface area contributed by atoms with Crippen molar-refractivity contribution in [1.29, 1.82) is 0 Å². The van der Waals surface area contributed by atoms with E-state index in [1.54, 1.807) is 0 Å². The Kier molecular flexibility index (Phi) is 4.92. The fraction of sp³-hybridized carbons (Fsp3) is 1.00. The number of halogens is 3. The van der Waals surface area contributed by atoms with Crippen molar-refractivity contribution in [1.82, 2.24) is 0 Å². The lowest BCUT2D eigenvalue weighted by Crippen LogP contribution is -2.15. The van der Waals surface area contributed by atoms with Crippen LogP contribution in [0.1, 0.15) is 0 Å². The van der Waals surface area contributed by atoms with E-state index in [0.717, 1.165) is 0 Å². The quantitative estimate of drug-likeness (QED) is 0.452. The Hall–Kier alpha value is 1.13. The summed E-state index contributed by atoms with van der Waals surface area (Å²) in [6.45, 7) is 0. The maximum absolute atomic E-state index is 10.9. The van der Waals surface area contributed by atoms with E-state index in [1.807, 2.05) is 0 Å². The molecule has 0 saturated carbocycles. The van der Waals surface area contributed by atoms with Gasteiger partial charge in [-0.3, -0.25) is 13.7 Å². The molecule has 0 aromatic rings. The highest BCUT2D eigenvalue weighted by atomic mass is 35.6. The molecule has 0 fully saturated rings.